The fourth-order valence-electron chi connectivity index (χ4n) is 5.67. The summed E-state index contributed by atoms with van der Waals surface area (Å²) in [5.74, 6) is 18.7. The Morgan fingerprint density at radius 2 is 0.937 bits per heavy atom. The molecule has 0 aliphatic heterocycles. The Hall–Kier alpha value is -7.55. The summed E-state index contributed by atoms with van der Waals surface area (Å²) in [7, 11) is 2.65. The maximum atomic E-state index is 12.7. The zero-order valence-electron chi connectivity index (χ0n) is 34.4. The van der Waals surface area contributed by atoms with E-state index in [4.69, 9.17) is 23.7 Å². The van der Waals surface area contributed by atoms with E-state index >= 15 is 0 Å². The molecule has 0 spiro atoms. The van der Waals surface area contributed by atoms with Crippen LogP contribution in [0.1, 0.15) is 65.2 Å². The molecule has 0 aliphatic rings. The Kier molecular flexibility index (Phi) is 16.3. The number of ether oxygens (including phenoxy) is 5. The summed E-state index contributed by atoms with van der Waals surface area (Å²) in [6, 6.07) is 40.9. The van der Waals surface area contributed by atoms with Gasteiger partial charge in [0.05, 0.1) is 14.2 Å². The second-order valence-corrected chi connectivity index (χ2v) is 15.1. The second kappa shape index (κ2) is 22.9. The summed E-state index contributed by atoms with van der Waals surface area (Å²) >= 11 is 5.87. The maximum absolute atomic E-state index is 12.7. The number of carbonyl (C=O) groups excluding carboxylic acids is 3. The van der Waals surface area contributed by atoms with E-state index in [2.05, 4.69) is 54.7 Å². The van der Waals surface area contributed by atoms with Gasteiger partial charge in [-0.1, -0.05) is 66.4 Å². The molecule has 63 heavy (non-hydrogen) atoms. The molecule has 6 aromatic carbocycles. The van der Waals surface area contributed by atoms with Crippen molar-refractivity contribution in [1.82, 2.24) is 0 Å². The largest absolute Gasteiger partial charge is 0.488 e. The highest BCUT2D eigenvalue weighted by Gasteiger charge is 2.16. The molecule has 312 valence electrons. The van der Waals surface area contributed by atoms with Crippen molar-refractivity contribution in [1.29, 1.82) is 0 Å². The maximum Gasteiger partial charge on any atom is 0.341 e. The molecule has 8 nitrogen and oxygen atoms in total. The van der Waals surface area contributed by atoms with E-state index in [1.807, 2.05) is 97.1 Å². The van der Waals surface area contributed by atoms with Crippen LogP contribution >= 0.6 is 24.4 Å². The molecule has 0 atom stereocenters. The number of thiol groups is 1. The van der Waals surface area contributed by atoms with E-state index in [1.165, 1.54) is 14.2 Å². The first-order valence-corrected chi connectivity index (χ1v) is 20.9. The van der Waals surface area contributed by atoms with Gasteiger partial charge in [-0.05, 0) is 120 Å². The molecule has 0 amide bonds. The lowest BCUT2D eigenvalue weighted by atomic mass is 10.1. The highest BCUT2D eigenvalue weighted by atomic mass is 32.2. The summed E-state index contributed by atoms with van der Waals surface area (Å²) in [4.78, 5) is 38.4. The molecule has 0 fully saturated rings. The minimum Gasteiger partial charge on any atom is -0.488 e. The second-order valence-electron chi connectivity index (χ2n) is 13.4. The molecule has 0 aliphatic carbocycles. The average Bonchev–Trinajstić information content (AvgIpc) is 3.33. The molecular weight excluding hydrogens is 829 g/mol. The van der Waals surface area contributed by atoms with Gasteiger partial charge in [-0.25, -0.2) is 14.4 Å². The molecule has 0 radical (unpaired) electrons. The Balaban J connectivity index is 1.01. The van der Waals surface area contributed by atoms with Gasteiger partial charge in [0.15, 0.2) is 0 Å². The molecule has 0 N–H and O–H groups in total. The Morgan fingerprint density at radius 3 is 1.35 bits per heavy atom. The highest BCUT2D eigenvalue weighted by molar-refractivity contribution is 7.99. The van der Waals surface area contributed by atoms with Crippen LogP contribution in [-0.2, 0) is 32.2 Å². The van der Waals surface area contributed by atoms with E-state index < -0.39 is 17.9 Å². The number of hydrogen-bond acceptors (Lipinski definition) is 10. The monoisotopic (exact) mass is 868 g/mol. The van der Waals surface area contributed by atoms with Gasteiger partial charge in [0.1, 0.15) is 42.4 Å². The normalized spacial score (nSPS) is 10.0. The molecule has 6 rings (SSSR count). The molecule has 6 aromatic rings. The Bertz CT molecular complexity index is 2780. The van der Waals surface area contributed by atoms with Crippen LogP contribution in [0.3, 0.4) is 0 Å². The summed E-state index contributed by atoms with van der Waals surface area (Å²) < 4.78 is 27.1. The fourth-order valence-corrected chi connectivity index (χ4v) is 6.55. The lowest BCUT2D eigenvalue weighted by molar-refractivity contribution is -0.137. The van der Waals surface area contributed by atoms with Crippen molar-refractivity contribution in [3.63, 3.8) is 0 Å². The number of hydrogen-bond donors (Lipinski definition) is 1. The molecule has 0 bridgehead atoms. The van der Waals surface area contributed by atoms with Gasteiger partial charge in [-0.3, -0.25) is 0 Å². The Morgan fingerprint density at radius 1 is 0.556 bits per heavy atom. The van der Waals surface area contributed by atoms with Gasteiger partial charge >= 0.3 is 17.9 Å². The predicted molar refractivity (Wildman–Crippen MR) is 247 cm³/mol. The molecule has 0 heterocycles. The number of esters is 3. The number of thioether (sulfide) groups is 1. The van der Waals surface area contributed by atoms with Crippen molar-refractivity contribution in [2.75, 3.05) is 26.6 Å². The average molecular weight is 869 g/mol. The van der Waals surface area contributed by atoms with Crippen molar-refractivity contribution >= 4 is 42.3 Å². The molecule has 0 aromatic heterocycles. The summed E-state index contributed by atoms with van der Waals surface area (Å²) in [5.41, 5.74) is 6.92. The van der Waals surface area contributed by atoms with E-state index in [0.717, 1.165) is 49.2 Å². The number of rotatable bonds is 13. The van der Waals surface area contributed by atoms with Gasteiger partial charge < -0.3 is 23.7 Å². The first-order valence-electron chi connectivity index (χ1n) is 19.4. The molecule has 0 unspecified atom stereocenters. The van der Waals surface area contributed by atoms with Gasteiger partial charge in [-0.2, -0.15) is 0 Å². The number of methoxy groups -OCH3 is 2. The predicted octanol–water partition coefficient (Wildman–Crippen LogP) is 9.73. The van der Waals surface area contributed by atoms with Crippen LogP contribution in [-0.4, -0.2) is 44.5 Å². The molecular formula is C53H40O8S2. The number of carbonyl (C=O) groups is 3. The van der Waals surface area contributed by atoms with Crippen LogP contribution in [0, 0.1) is 35.5 Å². The van der Waals surface area contributed by atoms with E-state index in [1.54, 1.807) is 48.2 Å². The smallest absolute Gasteiger partial charge is 0.341 e. The zero-order valence-corrected chi connectivity index (χ0v) is 36.1. The van der Waals surface area contributed by atoms with Crippen LogP contribution in [0.5, 0.6) is 11.5 Å². The molecule has 0 saturated heterocycles. The van der Waals surface area contributed by atoms with Crippen LogP contribution < -0.4 is 9.47 Å². The minimum atomic E-state index is -0.531. The van der Waals surface area contributed by atoms with E-state index in [0.29, 0.717) is 35.0 Å². The van der Waals surface area contributed by atoms with Crippen LogP contribution in [0.25, 0.3) is 0 Å². The van der Waals surface area contributed by atoms with Crippen molar-refractivity contribution in [2.45, 2.75) is 23.0 Å². The van der Waals surface area contributed by atoms with Gasteiger partial charge in [0.25, 0.3) is 0 Å². The fraction of sp³-hybridized carbons (Fsp3) is 0.113. The topological polar surface area (TPSA) is 97.4 Å². The van der Waals surface area contributed by atoms with Crippen molar-refractivity contribution in [3.8, 4) is 47.0 Å². The first kappa shape index (κ1) is 45.0. The van der Waals surface area contributed by atoms with Crippen molar-refractivity contribution in [3.05, 3.63) is 202 Å². The third kappa shape index (κ3) is 13.7. The SMILES string of the molecule is C=CC(=O)OCCSc1ccc(C#Cc2ccc(OCc3ccc(C#Cc4ccc(COc5ccc(C#Cc6ccc(S)cc6)cc5C(=O)OC)cc4)cc3)c(C(=O)OC)c2)cc1. The standard InChI is InChI=1S/C53H40O8S2/c1-4-51(54)59-31-32-63-46-27-21-40(22-28-46)8-14-42-24-30-50(48(34-42)53(56)58-3)61-36-44-17-11-38(12-18-44)6-5-37-9-15-43(16-10-37)35-60-49-29-23-41(33-47(49)52(55)57-2)13-7-39-19-25-45(62)26-20-39/h4,9-12,15-30,33-34,62H,1,31-32,35-36H2,2-3H3. The Labute approximate surface area is 377 Å². The summed E-state index contributed by atoms with van der Waals surface area (Å²) in [6.07, 6.45) is 1.14. The summed E-state index contributed by atoms with van der Waals surface area (Å²) in [6.45, 7) is 4.14. The van der Waals surface area contributed by atoms with Crippen LogP contribution in [0.15, 0.2) is 156 Å². The third-order valence-corrected chi connectivity index (χ3v) is 10.3. The van der Waals surface area contributed by atoms with Crippen molar-refractivity contribution in [2.24, 2.45) is 0 Å². The lowest BCUT2D eigenvalue weighted by Gasteiger charge is -2.11. The van der Waals surface area contributed by atoms with Gasteiger partial charge in [-0.15, -0.1) is 24.4 Å². The van der Waals surface area contributed by atoms with Crippen LogP contribution in [0.4, 0.5) is 0 Å². The van der Waals surface area contributed by atoms with E-state index in [-0.39, 0.29) is 24.3 Å². The summed E-state index contributed by atoms with van der Waals surface area (Å²) in [5, 5.41) is 0. The van der Waals surface area contributed by atoms with Crippen molar-refractivity contribution < 1.29 is 38.1 Å². The first-order chi connectivity index (χ1) is 30.7. The van der Waals surface area contributed by atoms with Gasteiger partial charge in [0, 0.05) is 55.0 Å². The highest BCUT2D eigenvalue weighted by Crippen LogP contribution is 2.25. The third-order valence-electron chi connectivity index (χ3n) is 9.00. The quantitative estimate of drug-likeness (QED) is 0.0232. The van der Waals surface area contributed by atoms with Gasteiger partial charge in [0.2, 0.25) is 0 Å². The van der Waals surface area contributed by atoms with E-state index in [9.17, 15) is 14.4 Å². The zero-order chi connectivity index (χ0) is 44.4. The minimum absolute atomic E-state index is 0.221. The number of benzene rings is 6. The molecule has 0 saturated carbocycles. The van der Waals surface area contributed by atoms with Crippen LogP contribution in [0.2, 0.25) is 0 Å². The lowest BCUT2D eigenvalue weighted by Crippen LogP contribution is -2.06. The molecule has 10 heteroatoms.